The summed E-state index contributed by atoms with van der Waals surface area (Å²) < 4.78 is 16.0. The number of carbonyl (C=O) groups is 2. The fourth-order valence-corrected chi connectivity index (χ4v) is 2.77. The Morgan fingerprint density at radius 2 is 1.93 bits per heavy atom. The van der Waals surface area contributed by atoms with E-state index >= 15 is 0 Å². The first-order valence-electron chi connectivity index (χ1n) is 9.27. The van der Waals surface area contributed by atoms with Gasteiger partial charge in [-0.2, -0.15) is 10.3 Å². The number of carbonyl (C=O) groups excluding carboxylic acids is 2. The molecule has 0 fully saturated rings. The van der Waals surface area contributed by atoms with E-state index in [4.69, 9.17) is 14.2 Å². The van der Waals surface area contributed by atoms with Gasteiger partial charge < -0.3 is 19.5 Å². The molecule has 156 valence electrons. The van der Waals surface area contributed by atoms with Gasteiger partial charge in [0.25, 0.3) is 5.91 Å². The van der Waals surface area contributed by atoms with Gasteiger partial charge in [-0.05, 0) is 49.7 Å². The maximum Gasteiger partial charge on any atom is 0.361 e. The van der Waals surface area contributed by atoms with Crippen molar-refractivity contribution in [2.75, 3.05) is 25.6 Å². The molecule has 0 aliphatic carbocycles. The van der Waals surface area contributed by atoms with Crippen molar-refractivity contribution in [3.8, 4) is 22.8 Å². The number of hydrogen-bond donors (Lipinski definition) is 2. The van der Waals surface area contributed by atoms with Gasteiger partial charge in [-0.1, -0.05) is 12.1 Å². The number of hydrogen-bond acceptors (Lipinski definition) is 7. The Kier molecular flexibility index (Phi) is 6.63. The summed E-state index contributed by atoms with van der Waals surface area (Å²) in [7, 11) is 1.48. The highest BCUT2D eigenvalue weighted by Crippen LogP contribution is 2.32. The number of anilines is 1. The molecule has 3 rings (SSSR count). The molecule has 1 heterocycles. The van der Waals surface area contributed by atoms with Crippen molar-refractivity contribution in [1.82, 2.24) is 15.4 Å². The number of esters is 1. The van der Waals surface area contributed by atoms with E-state index in [9.17, 15) is 9.59 Å². The Morgan fingerprint density at radius 3 is 2.67 bits per heavy atom. The lowest BCUT2D eigenvalue weighted by atomic mass is 10.1. The van der Waals surface area contributed by atoms with Crippen molar-refractivity contribution in [1.29, 1.82) is 0 Å². The number of benzene rings is 2. The minimum Gasteiger partial charge on any atom is -0.493 e. The van der Waals surface area contributed by atoms with Crippen LogP contribution in [-0.4, -0.2) is 47.6 Å². The van der Waals surface area contributed by atoms with Gasteiger partial charge in [-0.15, -0.1) is 5.10 Å². The molecule has 0 spiro atoms. The highest BCUT2D eigenvalue weighted by molar-refractivity contribution is 5.94. The van der Waals surface area contributed by atoms with Gasteiger partial charge in [-0.25, -0.2) is 4.79 Å². The molecule has 0 unspecified atom stereocenters. The number of aromatic nitrogens is 3. The monoisotopic (exact) mass is 410 g/mol. The van der Waals surface area contributed by atoms with E-state index in [1.54, 1.807) is 31.2 Å². The van der Waals surface area contributed by atoms with Crippen LogP contribution in [-0.2, 0) is 9.53 Å². The van der Waals surface area contributed by atoms with E-state index in [2.05, 4.69) is 20.7 Å². The van der Waals surface area contributed by atoms with Crippen LogP contribution in [0.3, 0.4) is 0 Å². The molecule has 0 aliphatic rings. The third-order valence-corrected chi connectivity index (χ3v) is 4.11. The van der Waals surface area contributed by atoms with Gasteiger partial charge in [0.1, 0.15) is 5.69 Å². The first-order chi connectivity index (χ1) is 14.5. The van der Waals surface area contributed by atoms with E-state index in [0.717, 1.165) is 5.56 Å². The van der Waals surface area contributed by atoms with Crippen molar-refractivity contribution < 1.29 is 23.8 Å². The molecule has 2 N–H and O–H groups in total. The molecular formula is C21H22N4O5. The van der Waals surface area contributed by atoms with Crippen molar-refractivity contribution in [2.24, 2.45) is 0 Å². The van der Waals surface area contributed by atoms with E-state index in [0.29, 0.717) is 28.4 Å². The van der Waals surface area contributed by atoms with Gasteiger partial charge in [0, 0.05) is 11.3 Å². The SMILES string of the molecule is CCOC(=O)c1n[nH]nc1-c1ccc(OCC(=O)Nc2cccc(C)c2)c(OC)c1. The Morgan fingerprint density at radius 1 is 1.10 bits per heavy atom. The third kappa shape index (κ3) is 4.93. The standard InChI is InChI=1S/C21H22N4O5/c1-4-29-21(27)20-19(23-25-24-20)14-8-9-16(17(11-14)28-3)30-12-18(26)22-15-7-5-6-13(2)10-15/h5-11H,4,12H2,1-3H3,(H,22,26)(H,23,24,25). The first-order valence-corrected chi connectivity index (χ1v) is 9.27. The van der Waals surface area contributed by atoms with Gasteiger partial charge in [0.05, 0.1) is 13.7 Å². The van der Waals surface area contributed by atoms with E-state index in [1.165, 1.54) is 7.11 Å². The molecular weight excluding hydrogens is 388 g/mol. The largest absolute Gasteiger partial charge is 0.493 e. The van der Waals surface area contributed by atoms with Gasteiger partial charge >= 0.3 is 5.97 Å². The highest BCUT2D eigenvalue weighted by atomic mass is 16.5. The molecule has 0 radical (unpaired) electrons. The quantitative estimate of drug-likeness (QED) is 0.549. The number of nitrogens with zero attached hydrogens (tertiary/aromatic N) is 2. The smallest absolute Gasteiger partial charge is 0.361 e. The van der Waals surface area contributed by atoms with Crippen LogP contribution in [0.25, 0.3) is 11.3 Å². The number of aromatic amines is 1. The summed E-state index contributed by atoms with van der Waals surface area (Å²) in [4.78, 5) is 24.2. The second-order valence-electron chi connectivity index (χ2n) is 6.31. The molecule has 0 saturated carbocycles. The van der Waals surface area contributed by atoms with Crippen molar-refractivity contribution in [3.63, 3.8) is 0 Å². The Balaban J connectivity index is 1.71. The highest BCUT2D eigenvalue weighted by Gasteiger charge is 2.20. The maximum absolute atomic E-state index is 12.2. The number of methoxy groups -OCH3 is 1. The van der Waals surface area contributed by atoms with Crippen LogP contribution in [0, 0.1) is 6.92 Å². The third-order valence-electron chi connectivity index (χ3n) is 4.11. The minimum atomic E-state index is -0.576. The van der Waals surface area contributed by atoms with Gasteiger partial charge in [0.2, 0.25) is 0 Å². The number of H-pyrrole nitrogens is 1. The second kappa shape index (κ2) is 9.55. The molecule has 30 heavy (non-hydrogen) atoms. The zero-order chi connectivity index (χ0) is 21.5. The molecule has 9 nitrogen and oxygen atoms in total. The van der Waals surface area contributed by atoms with Gasteiger partial charge in [0.15, 0.2) is 23.8 Å². The summed E-state index contributed by atoms with van der Waals surface area (Å²) in [6, 6.07) is 12.5. The molecule has 1 amide bonds. The van der Waals surface area contributed by atoms with E-state index in [-0.39, 0.29) is 24.8 Å². The molecule has 1 aromatic heterocycles. The summed E-state index contributed by atoms with van der Waals surface area (Å²) in [6.07, 6.45) is 0. The van der Waals surface area contributed by atoms with Crippen molar-refractivity contribution >= 4 is 17.6 Å². The first kappa shape index (κ1) is 20.8. The number of ether oxygens (including phenoxy) is 3. The molecule has 9 heteroatoms. The lowest BCUT2D eigenvalue weighted by Crippen LogP contribution is -2.20. The number of amides is 1. The zero-order valence-corrected chi connectivity index (χ0v) is 16.9. The molecule has 0 atom stereocenters. The Labute approximate surface area is 173 Å². The molecule has 0 bridgehead atoms. The summed E-state index contributed by atoms with van der Waals surface area (Å²) in [5, 5.41) is 13.1. The number of aryl methyl sites for hydroxylation is 1. The number of rotatable bonds is 8. The fraction of sp³-hybridized carbons (Fsp3) is 0.238. The Hall–Kier alpha value is -3.88. The van der Waals surface area contributed by atoms with Crippen LogP contribution < -0.4 is 14.8 Å². The summed E-state index contributed by atoms with van der Waals surface area (Å²) >= 11 is 0. The van der Waals surface area contributed by atoms with Crippen LogP contribution in [0.5, 0.6) is 11.5 Å². The normalized spacial score (nSPS) is 10.4. The lowest BCUT2D eigenvalue weighted by Gasteiger charge is -2.12. The van der Waals surface area contributed by atoms with Crippen molar-refractivity contribution in [2.45, 2.75) is 13.8 Å². The van der Waals surface area contributed by atoms with Crippen molar-refractivity contribution in [3.05, 3.63) is 53.7 Å². The zero-order valence-electron chi connectivity index (χ0n) is 16.9. The minimum absolute atomic E-state index is 0.0742. The molecule has 3 aromatic rings. The predicted molar refractivity (Wildman–Crippen MR) is 110 cm³/mol. The summed E-state index contributed by atoms with van der Waals surface area (Å²) in [5.41, 5.74) is 2.73. The van der Waals surface area contributed by atoms with Crippen LogP contribution in [0.4, 0.5) is 5.69 Å². The van der Waals surface area contributed by atoms with Crippen LogP contribution >= 0.6 is 0 Å². The van der Waals surface area contributed by atoms with Crippen LogP contribution in [0.1, 0.15) is 23.0 Å². The molecule has 2 aromatic carbocycles. The van der Waals surface area contributed by atoms with Crippen LogP contribution in [0.2, 0.25) is 0 Å². The summed E-state index contributed by atoms with van der Waals surface area (Å²) in [5.74, 6) is -0.114. The maximum atomic E-state index is 12.2. The average molecular weight is 410 g/mol. The van der Waals surface area contributed by atoms with Gasteiger partial charge in [-0.3, -0.25) is 4.79 Å². The van der Waals surface area contributed by atoms with E-state index < -0.39 is 5.97 Å². The molecule has 0 aliphatic heterocycles. The molecule has 0 saturated heterocycles. The summed E-state index contributed by atoms with van der Waals surface area (Å²) in [6.45, 7) is 3.69. The van der Waals surface area contributed by atoms with E-state index in [1.807, 2.05) is 25.1 Å². The Bertz CT molecular complexity index is 1050. The topological polar surface area (TPSA) is 115 Å². The predicted octanol–water partition coefficient (Wildman–Crippen LogP) is 2.98. The number of nitrogens with one attached hydrogen (secondary N) is 2. The average Bonchev–Trinajstić information content (AvgIpc) is 3.22. The fourth-order valence-electron chi connectivity index (χ4n) is 2.77. The lowest BCUT2D eigenvalue weighted by molar-refractivity contribution is -0.118. The van der Waals surface area contributed by atoms with Crippen LogP contribution in [0.15, 0.2) is 42.5 Å². The second-order valence-corrected chi connectivity index (χ2v) is 6.31.